The highest BCUT2D eigenvalue weighted by molar-refractivity contribution is 7.99. The summed E-state index contributed by atoms with van der Waals surface area (Å²) in [5, 5.41) is 6.26. The normalized spacial score (nSPS) is 33.4. The number of hydrogen-bond acceptors (Lipinski definition) is 5. The van der Waals surface area contributed by atoms with Gasteiger partial charge in [-0.2, -0.15) is 0 Å². The maximum absolute atomic E-state index is 14.8. The number of benzene rings is 1. The van der Waals surface area contributed by atoms with E-state index in [2.05, 4.69) is 10.6 Å². The summed E-state index contributed by atoms with van der Waals surface area (Å²) in [7, 11) is 0. The zero-order valence-corrected chi connectivity index (χ0v) is 20.9. The number of thioether (sulfide) groups is 1. The molecule has 1 atom stereocenters. The summed E-state index contributed by atoms with van der Waals surface area (Å²) < 4.78 is 14.8. The van der Waals surface area contributed by atoms with E-state index in [1.54, 1.807) is 0 Å². The Balaban J connectivity index is 1.03. The van der Waals surface area contributed by atoms with Crippen LogP contribution in [0.25, 0.3) is 0 Å². The van der Waals surface area contributed by atoms with Crippen LogP contribution in [0, 0.1) is 23.6 Å². The van der Waals surface area contributed by atoms with Crippen molar-refractivity contribution in [3.63, 3.8) is 0 Å². The van der Waals surface area contributed by atoms with Crippen LogP contribution >= 0.6 is 11.8 Å². The number of nitrogens with one attached hydrogen (secondary N) is 2. The summed E-state index contributed by atoms with van der Waals surface area (Å²) >= 11 is 1.48. The Morgan fingerprint density at radius 3 is 2.46 bits per heavy atom. The fraction of sp³-hybridized carbons (Fsp3) is 0.667. The number of imide groups is 1. The van der Waals surface area contributed by atoms with Crippen LogP contribution in [-0.4, -0.2) is 46.5 Å². The molecule has 2 heterocycles. The van der Waals surface area contributed by atoms with Gasteiger partial charge in [-0.1, -0.05) is 0 Å². The molecule has 4 saturated carbocycles. The van der Waals surface area contributed by atoms with Crippen molar-refractivity contribution in [3.05, 3.63) is 29.1 Å². The minimum absolute atomic E-state index is 0.212. The van der Waals surface area contributed by atoms with E-state index in [9.17, 15) is 18.8 Å². The summed E-state index contributed by atoms with van der Waals surface area (Å²) in [5.74, 6) is 2.30. The average Bonchev–Trinajstić information content (AvgIpc) is 3.12. The SMILES string of the molecule is O=C1CCC(N2Cc3c(ccc(F)c3SCCCCNC34CC5CC(CC(C5)C3)C4)C2=O)C(=O)N1. The Hall–Kier alpha value is -1.93. The Morgan fingerprint density at radius 1 is 1.06 bits per heavy atom. The highest BCUT2D eigenvalue weighted by Crippen LogP contribution is 2.55. The molecule has 0 aromatic heterocycles. The molecule has 2 aliphatic heterocycles. The topological polar surface area (TPSA) is 78.5 Å². The van der Waals surface area contributed by atoms with Crippen LogP contribution in [0.3, 0.4) is 0 Å². The van der Waals surface area contributed by atoms with Crippen molar-refractivity contribution >= 4 is 29.5 Å². The molecule has 2 N–H and O–H groups in total. The lowest BCUT2D eigenvalue weighted by atomic mass is 9.53. The first-order chi connectivity index (χ1) is 16.9. The quantitative estimate of drug-likeness (QED) is 0.321. The molecule has 4 aliphatic carbocycles. The highest BCUT2D eigenvalue weighted by atomic mass is 32.2. The van der Waals surface area contributed by atoms with Crippen molar-refractivity contribution in [3.8, 4) is 0 Å². The van der Waals surface area contributed by atoms with E-state index < -0.39 is 11.9 Å². The van der Waals surface area contributed by atoms with E-state index in [0.717, 1.165) is 42.9 Å². The summed E-state index contributed by atoms with van der Waals surface area (Å²) in [4.78, 5) is 38.8. The lowest BCUT2D eigenvalue weighted by Crippen LogP contribution is -2.58. The third kappa shape index (κ3) is 4.41. The van der Waals surface area contributed by atoms with Gasteiger partial charge in [0.25, 0.3) is 5.91 Å². The van der Waals surface area contributed by atoms with Gasteiger partial charge in [0.2, 0.25) is 11.8 Å². The number of hydrogen-bond donors (Lipinski definition) is 2. The molecule has 7 rings (SSSR count). The number of unbranched alkanes of at least 4 members (excludes halogenated alkanes) is 1. The second-order valence-electron chi connectivity index (χ2n) is 11.5. The zero-order chi connectivity index (χ0) is 24.2. The van der Waals surface area contributed by atoms with Crippen molar-refractivity contribution in [1.82, 2.24) is 15.5 Å². The molecule has 3 amide bonds. The van der Waals surface area contributed by atoms with Crippen molar-refractivity contribution < 1.29 is 18.8 Å². The number of nitrogens with zero attached hydrogens (tertiary/aromatic N) is 1. The third-order valence-electron chi connectivity index (χ3n) is 8.97. The van der Waals surface area contributed by atoms with Crippen LogP contribution in [0.5, 0.6) is 0 Å². The first-order valence-corrected chi connectivity index (χ1v) is 14.2. The number of amides is 3. The lowest BCUT2D eigenvalue weighted by Gasteiger charge is -2.57. The predicted molar refractivity (Wildman–Crippen MR) is 131 cm³/mol. The molecule has 1 unspecified atom stereocenters. The number of rotatable bonds is 8. The Kier molecular flexibility index (Phi) is 6.16. The standard InChI is InChI=1S/C27H34FN3O3S/c28-21-4-3-19-20(15-31(26(19)34)22-5-6-23(32)30-25(22)33)24(21)35-8-2-1-7-29-27-12-16-9-17(13-27)11-18(10-16)14-27/h3-4,16-18,22,29H,1-2,5-15H2,(H,30,32,33). The first kappa shape index (κ1) is 23.5. The van der Waals surface area contributed by atoms with Gasteiger partial charge in [-0.25, -0.2) is 4.39 Å². The molecule has 4 bridgehead atoms. The molecule has 0 radical (unpaired) electrons. The van der Waals surface area contributed by atoms with E-state index in [4.69, 9.17) is 0 Å². The van der Waals surface area contributed by atoms with Gasteiger partial charge in [-0.3, -0.25) is 19.7 Å². The van der Waals surface area contributed by atoms with Gasteiger partial charge in [0, 0.05) is 34.5 Å². The summed E-state index contributed by atoms with van der Waals surface area (Å²) in [6, 6.07) is 2.21. The molecule has 35 heavy (non-hydrogen) atoms. The number of carbonyl (C=O) groups is 3. The lowest BCUT2D eigenvalue weighted by molar-refractivity contribution is -0.136. The molecule has 5 fully saturated rings. The number of fused-ring (bicyclic) bond motifs is 1. The van der Waals surface area contributed by atoms with Gasteiger partial charge in [-0.05, 0) is 100.0 Å². The van der Waals surface area contributed by atoms with Gasteiger partial charge in [-0.15, -0.1) is 11.8 Å². The minimum Gasteiger partial charge on any atom is -0.322 e. The maximum Gasteiger partial charge on any atom is 0.255 e. The smallest absolute Gasteiger partial charge is 0.255 e. The maximum atomic E-state index is 14.8. The van der Waals surface area contributed by atoms with E-state index in [-0.39, 0.29) is 30.6 Å². The second kappa shape index (κ2) is 9.18. The van der Waals surface area contributed by atoms with Crippen LogP contribution in [0.15, 0.2) is 17.0 Å². The van der Waals surface area contributed by atoms with Crippen LogP contribution < -0.4 is 10.6 Å². The molecule has 0 spiro atoms. The van der Waals surface area contributed by atoms with Crippen LogP contribution in [-0.2, 0) is 16.1 Å². The van der Waals surface area contributed by atoms with Crippen LogP contribution in [0.2, 0.25) is 0 Å². The minimum atomic E-state index is -0.677. The second-order valence-corrected chi connectivity index (χ2v) is 12.6. The number of halogens is 1. The molecular weight excluding hydrogens is 465 g/mol. The molecule has 1 aromatic carbocycles. The summed E-state index contributed by atoms with van der Waals surface area (Å²) in [5.41, 5.74) is 1.53. The number of carbonyl (C=O) groups excluding carboxylic acids is 3. The van der Waals surface area contributed by atoms with Gasteiger partial charge >= 0.3 is 0 Å². The Labute approximate surface area is 210 Å². The third-order valence-corrected chi connectivity index (χ3v) is 10.2. The molecule has 8 heteroatoms. The fourth-order valence-corrected chi connectivity index (χ4v) is 8.93. The van der Waals surface area contributed by atoms with Gasteiger partial charge < -0.3 is 10.2 Å². The van der Waals surface area contributed by atoms with Gasteiger partial charge in [0.05, 0.1) is 0 Å². The van der Waals surface area contributed by atoms with Gasteiger partial charge in [0.15, 0.2) is 0 Å². The van der Waals surface area contributed by atoms with E-state index in [1.807, 2.05) is 0 Å². The molecular formula is C27H34FN3O3S. The predicted octanol–water partition coefficient (Wildman–Crippen LogP) is 4.02. The zero-order valence-electron chi connectivity index (χ0n) is 20.1. The fourth-order valence-electron chi connectivity index (χ4n) is 7.82. The molecule has 6 aliphatic rings. The van der Waals surface area contributed by atoms with Crippen molar-refractivity contribution in [1.29, 1.82) is 0 Å². The monoisotopic (exact) mass is 499 g/mol. The van der Waals surface area contributed by atoms with Crippen LogP contribution in [0.4, 0.5) is 4.39 Å². The number of piperidine rings is 1. The molecule has 1 saturated heterocycles. The Bertz CT molecular complexity index is 1030. The van der Waals surface area contributed by atoms with Crippen LogP contribution in [0.1, 0.15) is 80.1 Å². The van der Waals surface area contributed by atoms with Crippen molar-refractivity contribution in [2.75, 3.05) is 12.3 Å². The first-order valence-electron chi connectivity index (χ1n) is 13.2. The summed E-state index contributed by atoms with van der Waals surface area (Å²) in [6.45, 7) is 1.23. The average molecular weight is 500 g/mol. The van der Waals surface area contributed by atoms with Gasteiger partial charge in [0.1, 0.15) is 11.9 Å². The largest absolute Gasteiger partial charge is 0.322 e. The molecule has 6 nitrogen and oxygen atoms in total. The van der Waals surface area contributed by atoms with E-state index in [0.29, 0.717) is 28.0 Å². The van der Waals surface area contributed by atoms with E-state index in [1.165, 1.54) is 67.3 Å². The molecule has 1 aromatic rings. The summed E-state index contributed by atoms with van der Waals surface area (Å²) in [6.07, 6.45) is 11.0. The van der Waals surface area contributed by atoms with Crippen molar-refractivity contribution in [2.24, 2.45) is 17.8 Å². The molecule has 188 valence electrons. The van der Waals surface area contributed by atoms with Crippen molar-refractivity contribution in [2.45, 2.75) is 87.2 Å². The highest BCUT2D eigenvalue weighted by Gasteiger charge is 2.50. The Morgan fingerprint density at radius 2 is 1.77 bits per heavy atom. The van der Waals surface area contributed by atoms with E-state index >= 15 is 0 Å².